The fourth-order valence-electron chi connectivity index (χ4n) is 1.36. The van der Waals surface area contributed by atoms with Crippen molar-refractivity contribution in [1.82, 2.24) is 9.97 Å². The third-order valence-corrected chi connectivity index (χ3v) is 2.15. The van der Waals surface area contributed by atoms with Gasteiger partial charge >= 0.3 is 0 Å². The van der Waals surface area contributed by atoms with E-state index in [0.717, 1.165) is 37.6 Å². The predicted octanol–water partition coefficient (Wildman–Crippen LogP) is 0.976. The zero-order valence-corrected chi connectivity index (χ0v) is 10.1. The predicted molar refractivity (Wildman–Crippen MR) is 67.7 cm³/mol. The molecule has 4 N–H and O–H groups in total. The number of unbranched alkanes of at least 4 members (excludes halogenated alkanes) is 1. The van der Waals surface area contributed by atoms with E-state index in [1.807, 2.05) is 6.92 Å². The molecule has 0 atom stereocenters. The third-order valence-electron chi connectivity index (χ3n) is 2.15. The molecule has 6 nitrogen and oxygen atoms in total. The molecule has 0 radical (unpaired) electrons. The quantitative estimate of drug-likeness (QED) is 0.586. The van der Waals surface area contributed by atoms with Crippen molar-refractivity contribution in [3.63, 3.8) is 0 Å². The molecule has 0 saturated heterocycles. The number of carbonyl (C=O) groups is 1. The van der Waals surface area contributed by atoms with Crippen molar-refractivity contribution in [2.45, 2.75) is 26.2 Å². The van der Waals surface area contributed by atoms with Crippen molar-refractivity contribution in [2.75, 3.05) is 23.7 Å². The van der Waals surface area contributed by atoms with E-state index in [0.29, 0.717) is 6.42 Å². The Labute approximate surface area is 101 Å². The van der Waals surface area contributed by atoms with Crippen LogP contribution in [0.25, 0.3) is 0 Å². The average Bonchev–Trinajstić information content (AvgIpc) is 2.29. The van der Waals surface area contributed by atoms with Crippen LogP contribution in [-0.4, -0.2) is 29.0 Å². The van der Waals surface area contributed by atoms with Crippen molar-refractivity contribution in [3.05, 3.63) is 12.4 Å². The number of nitrogens with zero attached hydrogens (tertiary/aromatic N) is 2. The molecule has 0 spiro atoms. The smallest absolute Gasteiger partial charge is 0.217 e. The molecule has 0 aliphatic heterocycles. The van der Waals surface area contributed by atoms with Gasteiger partial charge in [0.1, 0.15) is 11.6 Å². The van der Waals surface area contributed by atoms with Gasteiger partial charge in [-0.05, 0) is 19.8 Å². The van der Waals surface area contributed by atoms with E-state index >= 15 is 0 Å². The summed E-state index contributed by atoms with van der Waals surface area (Å²) in [6.45, 7) is 3.58. The van der Waals surface area contributed by atoms with E-state index < -0.39 is 0 Å². The number of hydrogen-bond donors (Lipinski definition) is 3. The van der Waals surface area contributed by atoms with Crippen LogP contribution >= 0.6 is 0 Å². The number of anilines is 2. The molecule has 0 saturated carbocycles. The minimum absolute atomic E-state index is 0.251. The van der Waals surface area contributed by atoms with Gasteiger partial charge in [-0.1, -0.05) is 0 Å². The Hall–Kier alpha value is -1.85. The fraction of sp³-hybridized carbons (Fsp3) is 0.545. The molecular formula is C11H19N5O. The second kappa shape index (κ2) is 7.43. The Bertz CT molecular complexity index is 355. The zero-order chi connectivity index (χ0) is 12.5. The van der Waals surface area contributed by atoms with Gasteiger partial charge in [0.05, 0.1) is 12.4 Å². The van der Waals surface area contributed by atoms with Gasteiger partial charge in [-0.25, -0.2) is 4.98 Å². The molecule has 6 heteroatoms. The summed E-state index contributed by atoms with van der Waals surface area (Å²) in [5.74, 6) is 1.25. The van der Waals surface area contributed by atoms with Gasteiger partial charge in [-0.15, -0.1) is 0 Å². The topological polar surface area (TPSA) is 92.9 Å². The Morgan fingerprint density at radius 2 is 2.00 bits per heavy atom. The summed E-state index contributed by atoms with van der Waals surface area (Å²) in [5, 5.41) is 6.24. The molecule has 1 rings (SSSR count). The van der Waals surface area contributed by atoms with Crippen molar-refractivity contribution >= 4 is 17.5 Å². The molecule has 1 aromatic rings. The van der Waals surface area contributed by atoms with Gasteiger partial charge in [0.2, 0.25) is 5.91 Å². The van der Waals surface area contributed by atoms with Gasteiger partial charge in [-0.2, -0.15) is 0 Å². The summed E-state index contributed by atoms with van der Waals surface area (Å²) in [7, 11) is 0. The van der Waals surface area contributed by atoms with E-state index in [9.17, 15) is 4.79 Å². The molecule has 0 unspecified atom stereocenters. The highest BCUT2D eigenvalue weighted by Crippen LogP contribution is 2.06. The van der Waals surface area contributed by atoms with Crippen LogP contribution in [0.4, 0.5) is 11.6 Å². The standard InChI is InChI=1S/C11H19N5O/c1-2-14-10-7-13-8-11(16-10)15-6-4-3-5-9(12)17/h7-8H,2-6H2,1H3,(H2,12,17)(H2,14,15,16). The summed E-state index contributed by atoms with van der Waals surface area (Å²) in [6, 6.07) is 0. The molecule has 1 amide bonds. The summed E-state index contributed by atoms with van der Waals surface area (Å²) in [5.41, 5.74) is 5.05. The van der Waals surface area contributed by atoms with Gasteiger partial charge in [-0.3, -0.25) is 9.78 Å². The molecular weight excluding hydrogens is 218 g/mol. The normalized spacial score (nSPS) is 9.94. The number of primary amides is 1. The zero-order valence-electron chi connectivity index (χ0n) is 10.1. The lowest BCUT2D eigenvalue weighted by Crippen LogP contribution is -2.11. The van der Waals surface area contributed by atoms with Crippen molar-refractivity contribution < 1.29 is 4.79 Å². The van der Waals surface area contributed by atoms with Gasteiger partial charge < -0.3 is 16.4 Å². The number of nitrogens with one attached hydrogen (secondary N) is 2. The van der Waals surface area contributed by atoms with Gasteiger partial charge in [0, 0.05) is 19.5 Å². The van der Waals surface area contributed by atoms with Crippen molar-refractivity contribution in [1.29, 1.82) is 0 Å². The van der Waals surface area contributed by atoms with Crippen molar-refractivity contribution in [3.8, 4) is 0 Å². The highest BCUT2D eigenvalue weighted by Gasteiger charge is 1.98. The number of rotatable bonds is 8. The monoisotopic (exact) mass is 237 g/mol. The van der Waals surface area contributed by atoms with Crippen LogP contribution in [0.1, 0.15) is 26.2 Å². The highest BCUT2D eigenvalue weighted by atomic mass is 16.1. The van der Waals surface area contributed by atoms with Crippen LogP contribution in [0, 0.1) is 0 Å². The lowest BCUT2D eigenvalue weighted by atomic mass is 10.2. The Morgan fingerprint density at radius 1 is 1.29 bits per heavy atom. The van der Waals surface area contributed by atoms with Crippen LogP contribution in [-0.2, 0) is 4.79 Å². The Morgan fingerprint density at radius 3 is 2.65 bits per heavy atom. The van der Waals surface area contributed by atoms with Crippen molar-refractivity contribution in [2.24, 2.45) is 5.73 Å². The first-order valence-corrected chi connectivity index (χ1v) is 5.80. The Kier molecular flexibility index (Phi) is 5.77. The SMILES string of the molecule is CCNc1cncc(NCCCCC(N)=O)n1. The maximum Gasteiger partial charge on any atom is 0.217 e. The van der Waals surface area contributed by atoms with Gasteiger partial charge in [0.15, 0.2) is 0 Å². The lowest BCUT2D eigenvalue weighted by Gasteiger charge is -2.06. The van der Waals surface area contributed by atoms with E-state index in [4.69, 9.17) is 5.73 Å². The molecule has 0 aliphatic carbocycles. The maximum absolute atomic E-state index is 10.5. The number of aromatic nitrogens is 2. The maximum atomic E-state index is 10.5. The summed E-state index contributed by atoms with van der Waals surface area (Å²) >= 11 is 0. The summed E-state index contributed by atoms with van der Waals surface area (Å²) in [6.07, 6.45) is 5.47. The number of nitrogens with two attached hydrogens (primary N) is 1. The average molecular weight is 237 g/mol. The van der Waals surface area contributed by atoms with E-state index in [-0.39, 0.29) is 5.91 Å². The van der Waals surface area contributed by atoms with Crippen LogP contribution in [0.3, 0.4) is 0 Å². The molecule has 0 bridgehead atoms. The molecule has 1 heterocycles. The molecule has 1 aromatic heterocycles. The summed E-state index contributed by atoms with van der Waals surface area (Å²) < 4.78 is 0. The molecule has 0 fully saturated rings. The summed E-state index contributed by atoms with van der Waals surface area (Å²) in [4.78, 5) is 18.9. The first kappa shape index (κ1) is 13.2. The van der Waals surface area contributed by atoms with Gasteiger partial charge in [0.25, 0.3) is 0 Å². The Balaban J connectivity index is 2.26. The van der Waals surface area contributed by atoms with Crippen LogP contribution < -0.4 is 16.4 Å². The highest BCUT2D eigenvalue weighted by molar-refractivity contribution is 5.73. The number of amides is 1. The minimum atomic E-state index is -0.251. The molecule has 0 aliphatic rings. The van der Waals surface area contributed by atoms with Crippen LogP contribution in [0.5, 0.6) is 0 Å². The lowest BCUT2D eigenvalue weighted by molar-refractivity contribution is -0.118. The van der Waals surface area contributed by atoms with E-state index in [2.05, 4.69) is 20.6 Å². The van der Waals surface area contributed by atoms with Crippen LogP contribution in [0.2, 0.25) is 0 Å². The fourth-order valence-corrected chi connectivity index (χ4v) is 1.36. The molecule has 94 valence electrons. The number of hydrogen-bond acceptors (Lipinski definition) is 5. The first-order valence-electron chi connectivity index (χ1n) is 5.80. The largest absolute Gasteiger partial charge is 0.370 e. The minimum Gasteiger partial charge on any atom is -0.370 e. The third kappa shape index (κ3) is 5.70. The van der Waals surface area contributed by atoms with E-state index in [1.165, 1.54) is 0 Å². The second-order valence-corrected chi connectivity index (χ2v) is 3.67. The molecule has 0 aromatic carbocycles. The molecule has 17 heavy (non-hydrogen) atoms. The van der Waals surface area contributed by atoms with E-state index in [1.54, 1.807) is 12.4 Å². The van der Waals surface area contributed by atoms with Crippen LogP contribution in [0.15, 0.2) is 12.4 Å². The second-order valence-electron chi connectivity index (χ2n) is 3.67. The number of carbonyl (C=O) groups excluding carboxylic acids is 1. The first-order chi connectivity index (χ1) is 8.22.